The Morgan fingerprint density at radius 3 is 2.62 bits per heavy atom. The first-order valence-electron chi connectivity index (χ1n) is 9.37. The molecule has 4 aromatic rings. The molecule has 0 spiro atoms. The van der Waals surface area contributed by atoms with Crippen molar-refractivity contribution in [2.45, 2.75) is 6.54 Å². The van der Waals surface area contributed by atoms with E-state index in [1.807, 2.05) is 50.8 Å². The van der Waals surface area contributed by atoms with Crippen molar-refractivity contribution in [2.75, 3.05) is 26.2 Å². The molecule has 0 saturated carbocycles. The summed E-state index contributed by atoms with van der Waals surface area (Å²) < 4.78 is 3.54. The van der Waals surface area contributed by atoms with Crippen LogP contribution in [0.2, 0.25) is 0 Å². The SMILES string of the molecule is O=C(c1sccc1-n1cccc1)N1CCN(Cc2cc(=O)n3ccsc3n2)CC1. The molecule has 0 atom stereocenters. The molecule has 0 radical (unpaired) electrons. The lowest BCUT2D eigenvalue weighted by molar-refractivity contribution is 0.0632. The smallest absolute Gasteiger partial charge is 0.266 e. The van der Waals surface area contributed by atoms with Crippen molar-refractivity contribution >= 4 is 33.5 Å². The molecule has 0 unspecified atom stereocenters. The average molecular weight is 426 g/mol. The number of carbonyl (C=O) groups excluding carboxylic acids is 1. The van der Waals surface area contributed by atoms with Crippen LogP contribution >= 0.6 is 22.7 Å². The summed E-state index contributed by atoms with van der Waals surface area (Å²) in [7, 11) is 0. The molecule has 1 aliphatic heterocycles. The molecule has 5 rings (SSSR count). The largest absolute Gasteiger partial charge is 0.335 e. The van der Waals surface area contributed by atoms with E-state index in [0.29, 0.717) is 19.6 Å². The number of thiophene rings is 1. The van der Waals surface area contributed by atoms with Crippen molar-refractivity contribution in [1.82, 2.24) is 23.8 Å². The third-order valence-corrected chi connectivity index (χ3v) is 6.77. The number of hydrogen-bond acceptors (Lipinski definition) is 6. The molecule has 1 fully saturated rings. The summed E-state index contributed by atoms with van der Waals surface area (Å²) in [4.78, 5) is 35.5. The highest BCUT2D eigenvalue weighted by molar-refractivity contribution is 7.15. The van der Waals surface area contributed by atoms with E-state index in [9.17, 15) is 9.59 Å². The predicted octanol–water partition coefficient (Wildman–Crippen LogP) is 2.57. The maximum atomic E-state index is 13.1. The number of thiazole rings is 1. The maximum absolute atomic E-state index is 13.1. The minimum atomic E-state index is -0.0460. The fourth-order valence-electron chi connectivity index (χ4n) is 3.61. The second-order valence-electron chi connectivity index (χ2n) is 6.93. The number of amides is 1. The van der Waals surface area contributed by atoms with Gasteiger partial charge in [0.05, 0.1) is 11.4 Å². The Balaban J connectivity index is 1.25. The third-order valence-electron chi connectivity index (χ3n) is 5.12. The minimum absolute atomic E-state index is 0.0460. The normalized spacial score (nSPS) is 15.2. The lowest BCUT2D eigenvalue weighted by Crippen LogP contribution is -2.48. The quantitative estimate of drug-likeness (QED) is 0.504. The van der Waals surface area contributed by atoms with Crippen LogP contribution in [-0.2, 0) is 6.54 Å². The number of nitrogens with zero attached hydrogens (tertiary/aromatic N) is 5. The van der Waals surface area contributed by atoms with E-state index in [-0.39, 0.29) is 11.5 Å². The van der Waals surface area contributed by atoms with Crippen LogP contribution in [-0.4, -0.2) is 55.8 Å². The third kappa shape index (κ3) is 3.52. The monoisotopic (exact) mass is 425 g/mol. The first kappa shape index (κ1) is 18.3. The van der Waals surface area contributed by atoms with E-state index < -0.39 is 0 Å². The summed E-state index contributed by atoms with van der Waals surface area (Å²) in [6, 6.07) is 7.50. The fraction of sp³-hybridized carbons (Fsp3) is 0.250. The van der Waals surface area contributed by atoms with Crippen molar-refractivity contribution in [3.05, 3.63) is 74.5 Å². The minimum Gasteiger partial charge on any atom is -0.335 e. The molecule has 0 N–H and O–H groups in total. The van der Waals surface area contributed by atoms with Crippen LogP contribution in [0.25, 0.3) is 10.6 Å². The van der Waals surface area contributed by atoms with Crippen LogP contribution in [0.1, 0.15) is 15.4 Å². The van der Waals surface area contributed by atoms with Gasteiger partial charge < -0.3 is 9.47 Å². The summed E-state index contributed by atoms with van der Waals surface area (Å²) in [5.41, 5.74) is 1.67. The standard InChI is InChI=1S/C20H19N5O2S2/c26-17-13-15(21-20-25(17)10-12-29-20)14-22-6-8-24(9-7-22)19(27)18-16(3-11-28-18)23-4-1-2-5-23/h1-5,10-13H,6-9,14H2. The van der Waals surface area contributed by atoms with E-state index in [4.69, 9.17) is 0 Å². The highest BCUT2D eigenvalue weighted by atomic mass is 32.1. The van der Waals surface area contributed by atoms with Gasteiger partial charge in [0.1, 0.15) is 4.88 Å². The number of rotatable bonds is 4. The van der Waals surface area contributed by atoms with Gasteiger partial charge in [-0.1, -0.05) is 0 Å². The number of fused-ring (bicyclic) bond motifs is 1. The van der Waals surface area contributed by atoms with E-state index in [1.165, 1.54) is 22.7 Å². The Kier molecular flexibility index (Phi) is 4.78. The Hall–Kier alpha value is -2.75. The van der Waals surface area contributed by atoms with Crippen molar-refractivity contribution in [3.8, 4) is 5.69 Å². The lowest BCUT2D eigenvalue weighted by Gasteiger charge is -2.34. The summed E-state index contributed by atoms with van der Waals surface area (Å²) >= 11 is 2.95. The van der Waals surface area contributed by atoms with Gasteiger partial charge in [0.25, 0.3) is 11.5 Å². The number of piperazine rings is 1. The van der Waals surface area contributed by atoms with Gasteiger partial charge in [0.15, 0.2) is 4.96 Å². The van der Waals surface area contributed by atoms with Crippen LogP contribution in [0.4, 0.5) is 0 Å². The first-order chi connectivity index (χ1) is 14.2. The molecule has 5 heterocycles. The molecular weight excluding hydrogens is 406 g/mol. The molecule has 29 heavy (non-hydrogen) atoms. The van der Waals surface area contributed by atoms with Gasteiger partial charge in [-0.2, -0.15) is 0 Å². The molecule has 0 aliphatic carbocycles. The number of hydrogen-bond donors (Lipinski definition) is 0. The average Bonchev–Trinajstić information content (AvgIpc) is 3.48. The van der Waals surface area contributed by atoms with E-state index in [1.54, 1.807) is 16.7 Å². The first-order valence-corrected chi connectivity index (χ1v) is 11.1. The molecule has 9 heteroatoms. The Labute approximate surface area is 175 Å². The zero-order valence-electron chi connectivity index (χ0n) is 15.6. The molecule has 1 aliphatic rings. The zero-order valence-corrected chi connectivity index (χ0v) is 17.2. The van der Waals surface area contributed by atoms with Crippen LogP contribution in [0.3, 0.4) is 0 Å². The molecule has 7 nitrogen and oxygen atoms in total. The van der Waals surface area contributed by atoms with Crippen LogP contribution in [0.15, 0.2) is 58.4 Å². The second kappa shape index (κ2) is 7.58. The van der Waals surface area contributed by atoms with E-state index in [2.05, 4.69) is 9.88 Å². The summed E-state index contributed by atoms with van der Waals surface area (Å²) in [5, 5.41) is 3.83. The Morgan fingerprint density at radius 2 is 1.83 bits per heavy atom. The molecular formula is C20H19N5O2S2. The van der Waals surface area contributed by atoms with E-state index in [0.717, 1.165) is 34.3 Å². The Morgan fingerprint density at radius 1 is 1.03 bits per heavy atom. The van der Waals surface area contributed by atoms with Crippen LogP contribution in [0, 0.1) is 0 Å². The van der Waals surface area contributed by atoms with Crippen molar-refractivity contribution in [2.24, 2.45) is 0 Å². The highest BCUT2D eigenvalue weighted by Gasteiger charge is 2.25. The van der Waals surface area contributed by atoms with Gasteiger partial charge in [-0.05, 0) is 23.6 Å². The molecule has 4 aromatic heterocycles. The lowest BCUT2D eigenvalue weighted by atomic mass is 10.2. The number of aromatic nitrogens is 3. The van der Waals surface area contributed by atoms with Crippen molar-refractivity contribution < 1.29 is 4.79 Å². The van der Waals surface area contributed by atoms with Gasteiger partial charge in [-0.15, -0.1) is 22.7 Å². The maximum Gasteiger partial charge on any atom is 0.266 e. The summed E-state index contributed by atoms with van der Waals surface area (Å²) in [5.74, 6) is 0.0831. The summed E-state index contributed by atoms with van der Waals surface area (Å²) in [6.45, 7) is 3.49. The van der Waals surface area contributed by atoms with Crippen molar-refractivity contribution in [3.63, 3.8) is 0 Å². The molecule has 0 bridgehead atoms. The number of carbonyl (C=O) groups is 1. The van der Waals surface area contributed by atoms with Gasteiger partial charge in [0, 0.05) is 62.8 Å². The topological polar surface area (TPSA) is 62.9 Å². The Bertz CT molecular complexity index is 1200. The van der Waals surface area contributed by atoms with Crippen LogP contribution in [0.5, 0.6) is 0 Å². The predicted molar refractivity (Wildman–Crippen MR) is 114 cm³/mol. The van der Waals surface area contributed by atoms with Gasteiger partial charge in [0.2, 0.25) is 0 Å². The zero-order chi connectivity index (χ0) is 19.8. The van der Waals surface area contributed by atoms with Crippen molar-refractivity contribution in [1.29, 1.82) is 0 Å². The highest BCUT2D eigenvalue weighted by Crippen LogP contribution is 2.24. The van der Waals surface area contributed by atoms with Gasteiger partial charge in [-0.25, -0.2) is 4.98 Å². The fourth-order valence-corrected chi connectivity index (χ4v) is 5.21. The van der Waals surface area contributed by atoms with Crippen LogP contribution < -0.4 is 5.56 Å². The molecule has 148 valence electrons. The van der Waals surface area contributed by atoms with Gasteiger partial charge in [-0.3, -0.25) is 18.9 Å². The van der Waals surface area contributed by atoms with E-state index >= 15 is 0 Å². The summed E-state index contributed by atoms with van der Waals surface area (Å²) in [6.07, 6.45) is 5.66. The second-order valence-corrected chi connectivity index (χ2v) is 8.72. The van der Waals surface area contributed by atoms with Gasteiger partial charge >= 0.3 is 0 Å². The molecule has 1 saturated heterocycles. The molecule has 1 amide bonds. The molecule has 0 aromatic carbocycles.